The Morgan fingerprint density at radius 1 is 1.42 bits per heavy atom. The summed E-state index contributed by atoms with van der Waals surface area (Å²) in [5.41, 5.74) is 0. The highest BCUT2D eigenvalue weighted by molar-refractivity contribution is 5.67. The Kier molecular flexibility index (Phi) is 3.38. The summed E-state index contributed by atoms with van der Waals surface area (Å²) in [7, 11) is 4.89. The van der Waals surface area contributed by atoms with Crippen molar-refractivity contribution in [1.29, 1.82) is 0 Å². The van der Waals surface area contributed by atoms with Crippen molar-refractivity contribution in [1.82, 2.24) is 4.90 Å². The zero-order valence-electron chi connectivity index (χ0n) is 7.58. The lowest BCUT2D eigenvalue weighted by Gasteiger charge is -2.29. The molecule has 3 nitrogen and oxygen atoms in total. The number of amides is 1. The van der Waals surface area contributed by atoms with E-state index in [1.807, 2.05) is 0 Å². The molecule has 1 rings (SSSR count). The van der Waals surface area contributed by atoms with Crippen molar-refractivity contribution >= 4 is 6.09 Å². The Balaban J connectivity index is 2.39. The van der Waals surface area contributed by atoms with Gasteiger partial charge in [0.1, 0.15) is 7.11 Å². The van der Waals surface area contributed by atoms with E-state index < -0.39 is 0 Å². The molecule has 0 unspecified atom stereocenters. The van der Waals surface area contributed by atoms with Crippen molar-refractivity contribution in [2.24, 2.45) is 0 Å². The first-order chi connectivity index (χ1) is 5.75. The third kappa shape index (κ3) is 2.13. The SMILES string of the molecule is [CH2]OC(=O)N(C)C1CCCCC1. The van der Waals surface area contributed by atoms with Crippen LogP contribution in [0.4, 0.5) is 4.79 Å². The van der Waals surface area contributed by atoms with E-state index in [4.69, 9.17) is 0 Å². The monoisotopic (exact) mass is 170 g/mol. The largest absolute Gasteiger partial charge is 0.446 e. The lowest BCUT2D eigenvalue weighted by Crippen LogP contribution is -2.37. The van der Waals surface area contributed by atoms with Gasteiger partial charge in [0.2, 0.25) is 0 Å². The Morgan fingerprint density at radius 3 is 2.50 bits per heavy atom. The highest BCUT2D eigenvalue weighted by Crippen LogP contribution is 2.21. The van der Waals surface area contributed by atoms with Gasteiger partial charge in [0.15, 0.2) is 0 Å². The summed E-state index contributed by atoms with van der Waals surface area (Å²) in [6, 6.07) is 0.369. The molecule has 0 bridgehead atoms. The van der Waals surface area contributed by atoms with Gasteiger partial charge < -0.3 is 9.64 Å². The summed E-state index contributed by atoms with van der Waals surface area (Å²) in [4.78, 5) is 12.7. The maximum absolute atomic E-state index is 11.1. The topological polar surface area (TPSA) is 29.5 Å². The zero-order valence-corrected chi connectivity index (χ0v) is 7.58. The van der Waals surface area contributed by atoms with E-state index in [9.17, 15) is 4.79 Å². The van der Waals surface area contributed by atoms with Gasteiger partial charge in [-0.1, -0.05) is 19.3 Å². The summed E-state index contributed by atoms with van der Waals surface area (Å²) in [5, 5.41) is 0. The highest BCUT2D eigenvalue weighted by atomic mass is 16.5. The van der Waals surface area contributed by atoms with Crippen LogP contribution in [0, 0.1) is 7.11 Å². The molecule has 0 aliphatic heterocycles. The van der Waals surface area contributed by atoms with Crippen LogP contribution in [0.5, 0.6) is 0 Å². The van der Waals surface area contributed by atoms with Crippen molar-refractivity contribution in [2.45, 2.75) is 38.1 Å². The van der Waals surface area contributed by atoms with Crippen molar-refractivity contribution in [3.63, 3.8) is 0 Å². The average Bonchev–Trinajstić information content (AvgIpc) is 2.17. The number of hydrogen-bond acceptors (Lipinski definition) is 2. The lowest BCUT2D eigenvalue weighted by atomic mass is 9.95. The molecule has 0 aromatic carbocycles. The molecular formula is C9H16NO2. The summed E-state index contributed by atoms with van der Waals surface area (Å²) in [6.07, 6.45) is 5.63. The van der Waals surface area contributed by atoms with Gasteiger partial charge >= 0.3 is 6.09 Å². The normalized spacial score (nSPS) is 18.8. The number of carbonyl (C=O) groups excluding carboxylic acids is 1. The number of ether oxygens (including phenoxy) is 1. The molecule has 0 aromatic heterocycles. The second kappa shape index (κ2) is 4.33. The molecule has 0 saturated heterocycles. The Morgan fingerprint density at radius 2 is 2.00 bits per heavy atom. The second-order valence-corrected chi connectivity index (χ2v) is 3.31. The van der Waals surface area contributed by atoms with Crippen LogP contribution in [0.15, 0.2) is 0 Å². The standard InChI is InChI=1S/C9H16NO2/c1-10(9(11)12-2)8-6-4-3-5-7-8/h8H,2-7H2,1H3. The molecule has 12 heavy (non-hydrogen) atoms. The summed E-state index contributed by atoms with van der Waals surface area (Å²) in [5.74, 6) is 0. The van der Waals surface area contributed by atoms with Crippen molar-refractivity contribution < 1.29 is 9.53 Å². The predicted molar refractivity (Wildman–Crippen MR) is 46.5 cm³/mol. The molecular weight excluding hydrogens is 154 g/mol. The van der Waals surface area contributed by atoms with Crippen LogP contribution in [0.1, 0.15) is 32.1 Å². The average molecular weight is 170 g/mol. The van der Waals surface area contributed by atoms with Gasteiger partial charge in [0.05, 0.1) is 0 Å². The molecule has 69 valence electrons. The Labute approximate surface area is 73.7 Å². The molecule has 3 heteroatoms. The van der Waals surface area contributed by atoms with Gasteiger partial charge in [-0.05, 0) is 12.8 Å². The van der Waals surface area contributed by atoms with E-state index in [1.165, 1.54) is 19.3 Å². The minimum atomic E-state index is -0.318. The molecule has 1 radical (unpaired) electrons. The van der Waals surface area contributed by atoms with Crippen LogP contribution in [-0.4, -0.2) is 24.1 Å². The molecule has 0 aromatic rings. The minimum absolute atomic E-state index is 0.318. The van der Waals surface area contributed by atoms with Crippen molar-refractivity contribution in [3.8, 4) is 0 Å². The van der Waals surface area contributed by atoms with Gasteiger partial charge in [-0.3, -0.25) is 0 Å². The summed E-state index contributed by atoms with van der Waals surface area (Å²) >= 11 is 0. The number of nitrogens with zero attached hydrogens (tertiary/aromatic N) is 1. The fraction of sp³-hybridized carbons (Fsp3) is 0.778. The molecule has 0 heterocycles. The van der Waals surface area contributed by atoms with Gasteiger partial charge in [0, 0.05) is 13.1 Å². The van der Waals surface area contributed by atoms with Crippen molar-refractivity contribution in [2.75, 3.05) is 7.05 Å². The lowest BCUT2D eigenvalue weighted by molar-refractivity contribution is 0.118. The molecule has 0 spiro atoms. The number of hydrogen-bond donors (Lipinski definition) is 0. The second-order valence-electron chi connectivity index (χ2n) is 3.31. The summed E-state index contributed by atoms with van der Waals surface area (Å²) < 4.78 is 4.40. The van der Waals surface area contributed by atoms with Crippen LogP contribution >= 0.6 is 0 Å². The number of rotatable bonds is 1. The van der Waals surface area contributed by atoms with E-state index in [-0.39, 0.29) is 6.09 Å². The first-order valence-corrected chi connectivity index (χ1v) is 4.44. The third-order valence-corrected chi connectivity index (χ3v) is 2.53. The summed E-state index contributed by atoms with van der Waals surface area (Å²) in [6.45, 7) is 0. The highest BCUT2D eigenvalue weighted by Gasteiger charge is 2.21. The van der Waals surface area contributed by atoms with E-state index in [0.717, 1.165) is 12.8 Å². The van der Waals surface area contributed by atoms with Crippen LogP contribution in [0.3, 0.4) is 0 Å². The first kappa shape index (κ1) is 9.36. The molecule has 1 aliphatic carbocycles. The predicted octanol–water partition coefficient (Wildman–Crippen LogP) is 2.18. The molecule has 1 saturated carbocycles. The van der Waals surface area contributed by atoms with E-state index in [2.05, 4.69) is 11.8 Å². The molecule has 1 aliphatic rings. The minimum Gasteiger partial charge on any atom is -0.446 e. The maximum Gasteiger partial charge on any atom is 0.409 e. The fourth-order valence-electron chi connectivity index (χ4n) is 1.72. The smallest absolute Gasteiger partial charge is 0.409 e. The number of carbonyl (C=O) groups is 1. The maximum atomic E-state index is 11.1. The Hall–Kier alpha value is -0.730. The third-order valence-electron chi connectivity index (χ3n) is 2.53. The molecule has 1 amide bonds. The van der Waals surface area contributed by atoms with Gasteiger partial charge in [0.25, 0.3) is 0 Å². The zero-order chi connectivity index (χ0) is 8.97. The van der Waals surface area contributed by atoms with Crippen LogP contribution in [0.25, 0.3) is 0 Å². The fourth-order valence-corrected chi connectivity index (χ4v) is 1.72. The van der Waals surface area contributed by atoms with Gasteiger partial charge in [-0.25, -0.2) is 4.79 Å². The molecule has 0 atom stereocenters. The van der Waals surface area contributed by atoms with Crippen LogP contribution < -0.4 is 0 Å². The quantitative estimate of drug-likeness (QED) is 0.603. The van der Waals surface area contributed by atoms with E-state index in [0.29, 0.717) is 6.04 Å². The van der Waals surface area contributed by atoms with Crippen LogP contribution in [-0.2, 0) is 4.74 Å². The first-order valence-electron chi connectivity index (χ1n) is 4.44. The van der Waals surface area contributed by atoms with E-state index in [1.54, 1.807) is 11.9 Å². The molecule has 0 N–H and O–H groups in total. The molecule has 1 fully saturated rings. The Bertz CT molecular complexity index is 153. The van der Waals surface area contributed by atoms with E-state index >= 15 is 0 Å². The van der Waals surface area contributed by atoms with Crippen LogP contribution in [0.2, 0.25) is 0 Å². The van der Waals surface area contributed by atoms with Gasteiger partial charge in [-0.2, -0.15) is 0 Å². The van der Waals surface area contributed by atoms with Gasteiger partial charge in [-0.15, -0.1) is 0 Å². The van der Waals surface area contributed by atoms with Crippen molar-refractivity contribution in [3.05, 3.63) is 7.11 Å².